The van der Waals surface area contributed by atoms with Crippen molar-refractivity contribution in [3.8, 4) is 0 Å². The number of aliphatic carboxylic acids is 1. The van der Waals surface area contributed by atoms with E-state index in [1.807, 2.05) is 6.92 Å². The summed E-state index contributed by atoms with van der Waals surface area (Å²) in [5.41, 5.74) is -1.03. The molecule has 1 aliphatic rings. The van der Waals surface area contributed by atoms with Gasteiger partial charge >= 0.3 is 12.1 Å². The summed E-state index contributed by atoms with van der Waals surface area (Å²) in [4.78, 5) is 23.7. The maximum absolute atomic E-state index is 12.6. The number of hydrogen-bond donors (Lipinski definition) is 2. The topological polar surface area (TPSA) is 75.6 Å². The first-order chi connectivity index (χ1) is 12.1. The van der Waals surface area contributed by atoms with Crippen molar-refractivity contribution in [2.24, 2.45) is 5.92 Å². The molecule has 1 aliphatic heterocycles. The quantitative estimate of drug-likeness (QED) is 0.770. The Kier molecular flexibility index (Phi) is 6.28. The predicted molar refractivity (Wildman–Crippen MR) is 87.5 cm³/mol. The Morgan fingerprint density at radius 3 is 2.42 bits per heavy atom. The Morgan fingerprint density at radius 1 is 1.31 bits per heavy atom. The van der Waals surface area contributed by atoms with E-state index < -0.39 is 29.2 Å². The Balaban J connectivity index is 2.05. The minimum atomic E-state index is -4.40. The minimum absolute atomic E-state index is 0.141. The summed E-state index contributed by atoms with van der Waals surface area (Å²) in [6, 6.07) is 4.72. The van der Waals surface area contributed by atoms with Gasteiger partial charge in [-0.05, 0) is 37.0 Å². The molecule has 0 spiro atoms. The summed E-state index contributed by atoms with van der Waals surface area (Å²) < 4.78 is 43.1. The van der Waals surface area contributed by atoms with E-state index in [1.54, 1.807) is 0 Å². The summed E-state index contributed by atoms with van der Waals surface area (Å²) in [6.45, 7) is 2.33. The summed E-state index contributed by atoms with van der Waals surface area (Å²) in [6.07, 6.45) is -3.44. The molecule has 1 saturated heterocycles. The van der Waals surface area contributed by atoms with Gasteiger partial charge in [-0.15, -0.1) is 0 Å². The second-order valence-corrected chi connectivity index (χ2v) is 6.65. The van der Waals surface area contributed by atoms with Crippen molar-refractivity contribution >= 4 is 11.9 Å². The summed E-state index contributed by atoms with van der Waals surface area (Å²) in [5.74, 6) is -1.79. The number of carbonyl (C=O) groups is 2. The van der Waals surface area contributed by atoms with Crippen LogP contribution in [0.5, 0.6) is 0 Å². The van der Waals surface area contributed by atoms with Crippen LogP contribution in [-0.2, 0) is 26.9 Å². The van der Waals surface area contributed by atoms with Crippen LogP contribution in [0, 0.1) is 5.92 Å². The van der Waals surface area contributed by atoms with Crippen LogP contribution in [0.2, 0.25) is 0 Å². The first-order valence-corrected chi connectivity index (χ1v) is 8.43. The number of amides is 1. The lowest BCUT2D eigenvalue weighted by Gasteiger charge is -2.29. The van der Waals surface area contributed by atoms with E-state index in [-0.39, 0.29) is 25.4 Å². The van der Waals surface area contributed by atoms with Gasteiger partial charge in [0.2, 0.25) is 5.91 Å². The molecule has 0 aromatic heterocycles. The van der Waals surface area contributed by atoms with Gasteiger partial charge in [0.15, 0.2) is 0 Å². The number of rotatable bonds is 7. The van der Waals surface area contributed by atoms with Gasteiger partial charge in [-0.25, -0.2) is 0 Å². The fraction of sp³-hybridized carbons (Fsp3) is 0.556. The van der Waals surface area contributed by atoms with Gasteiger partial charge in [-0.1, -0.05) is 19.1 Å². The Morgan fingerprint density at radius 2 is 1.96 bits per heavy atom. The Bertz CT molecular complexity index is 637. The van der Waals surface area contributed by atoms with Crippen LogP contribution in [-0.4, -0.2) is 35.7 Å². The molecule has 2 rings (SSSR count). The largest absolute Gasteiger partial charge is 0.481 e. The number of ether oxygens (including phenoxy) is 1. The van der Waals surface area contributed by atoms with Gasteiger partial charge in [-0.2, -0.15) is 13.2 Å². The van der Waals surface area contributed by atoms with Gasteiger partial charge < -0.3 is 15.2 Å². The third kappa shape index (κ3) is 5.20. The number of halogens is 3. The Hall–Kier alpha value is -2.09. The fourth-order valence-corrected chi connectivity index (χ4v) is 3.08. The van der Waals surface area contributed by atoms with Gasteiger partial charge in [0.1, 0.15) is 0 Å². The molecule has 2 N–H and O–H groups in total. The molecular weight excluding hydrogens is 351 g/mol. The molecule has 2 atom stereocenters. The molecule has 2 unspecified atom stereocenters. The highest BCUT2D eigenvalue weighted by Gasteiger charge is 2.39. The smallest absolute Gasteiger partial charge is 0.416 e. The highest BCUT2D eigenvalue weighted by atomic mass is 19.4. The van der Waals surface area contributed by atoms with Crippen LogP contribution in [0.4, 0.5) is 13.2 Å². The molecule has 26 heavy (non-hydrogen) atoms. The van der Waals surface area contributed by atoms with Crippen LogP contribution in [0.25, 0.3) is 0 Å². The second kappa shape index (κ2) is 8.07. The minimum Gasteiger partial charge on any atom is -0.481 e. The van der Waals surface area contributed by atoms with Crippen LogP contribution in [0.1, 0.15) is 37.3 Å². The van der Waals surface area contributed by atoms with Gasteiger partial charge in [0.05, 0.1) is 24.1 Å². The lowest BCUT2D eigenvalue weighted by Crippen LogP contribution is -2.52. The van der Waals surface area contributed by atoms with Crippen molar-refractivity contribution in [2.75, 3.05) is 13.2 Å². The van der Waals surface area contributed by atoms with E-state index in [1.165, 1.54) is 12.1 Å². The zero-order chi connectivity index (χ0) is 19.4. The van der Waals surface area contributed by atoms with E-state index in [2.05, 4.69) is 5.32 Å². The molecule has 0 aliphatic carbocycles. The highest BCUT2D eigenvalue weighted by molar-refractivity contribution is 5.81. The van der Waals surface area contributed by atoms with Crippen LogP contribution >= 0.6 is 0 Å². The normalized spacial score (nSPS) is 21.4. The molecule has 1 aromatic carbocycles. The van der Waals surface area contributed by atoms with E-state index in [4.69, 9.17) is 9.84 Å². The maximum Gasteiger partial charge on any atom is 0.416 e. The number of hydrogen-bond acceptors (Lipinski definition) is 3. The van der Waals surface area contributed by atoms with E-state index in [0.717, 1.165) is 12.1 Å². The SMILES string of the molecule is CCC(Cc1ccc(C(F)(F)F)cc1)C(=O)NC1(CC(=O)O)CCOC1. The molecule has 1 heterocycles. The molecule has 5 nitrogen and oxygen atoms in total. The molecule has 1 fully saturated rings. The first-order valence-electron chi connectivity index (χ1n) is 8.43. The van der Waals surface area contributed by atoms with Crippen LogP contribution < -0.4 is 5.32 Å². The van der Waals surface area contributed by atoms with Crippen molar-refractivity contribution in [1.82, 2.24) is 5.32 Å². The molecule has 8 heteroatoms. The lowest BCUT2D eigenvalue weighted by molar-refractivity contribution is -0.140. The summed E-state index contributed by atoms with van der Waals surface area (Å²) in [7, 11) is 0. The standard InChI is InChI=1S/C18H22F3NO4/c1-2-13(9-12-3-5-14(6-4-12)18(19,20)21)16(25)22-17(10-15(23)24)7-8-26-11-17/h3-6,13H,2,7-11H2,1H3,(H,22,25)(H,23,24). The third-order valence-corrected chi connectivity index (χ3v) is 4.61. The van der Waals surface area contributed by atoms with Crippen molar-refractivity contribution in [1.29, 1.82) is 0 Å². The molecule has 0 saturated carbocycles. The molecule has 0 radical (unpaired) electrons. The molecule has 144 valence electrons. The van der Waals surface area contributed by atoms with Gasteiger partial charge in [0.25, 0.3) is 0 Å². The Labute approximate surface area is 149 Å². The average Bonchev–Trinajstić information content (AvgIpc) is 2.99. The fourth-order valence-electron chi connectivity index (χ4n) is 3.08. The van der Waals surface area contributed by atoms with Gasteiger partial charge in [-0.3, -0.25) is 9.59 Å². The average molecular weight is 373 g/mol. The molecular formula is C18H22F3NO4. The second-order valence-electron chi connectivity index (χ2n) is 6.65. The number of nitrogens with one attached hydrogen (secondary N) is 1. The zero-order valence-electron chi connectivity index (χ0n) is 14.4. The number of alkyl halides is 3. The first kappa shape index (κ1) is 20.2. The van der Waals surface area contributed by atoms with Crippen molar-refractivity contribution in [3.05, 3.63) is 35.4 Å². The number of carboxylic acid groups (broad SMARTS) is 1. The molecule has 0 bridgehead atoms. The molecule has 1 amide bonds. The number of carbonyl (C=O) groups excluding carboxylic acids is 1. The predicted octanol–water partition coefficient (Wildman–Crippen LogP) is 3.02. The van der Waals surface area contributed by atoms with Crippen LogP contribution in [0.15, 0.2) is 24.3 Å². The lowest BCUT2D eigenvalue weighted by atomic mass is 9.90. The van der Waals surface area contributed by atoms with Crippen molar-refractivity contribution in [2.45, 2.75) is 44.3 Å². The number of carboxylic acids is 1. The van der Waals surface area contributed by atoms with E-state index in [9.17, 15) is 22.8 Å². The highest BCUT2D eigenvalue weighted by Crippen LogP contribution is 2.30. The van der Waals surface area contributed by atoms with Crippen LogP contribution in [0.3, 0.4) is 0 Å². The van der Waals surface area contributed by atoms with Gasteiger partial charge in [0, 0.05) is 12.5 Å². The molecule has 1 aromatic rings. The summed E-state index contributed by atoms with van der Waals surface area (Å²) in [5, 5.41) is 11.9. The van der Waals surface area contributed by atoms with E-state index >= 15 is 0 Å². The van der Waals surface area contributed by atoms with Crippen molar-refractivity contribution < 1.29 is 32.6 Å². The third-order valence-electron chi connectivity index (χ3n) is 4.61. The summed E-state index contributed by atoms with van der Waals surface area (Å²) >= 11 is 0. The number of benzene rings is 1. The zero-order valence-corrected chi connectivity index (χ0v) is 14.4. The maximum atomic E-state index is 12.6. The monoisotopic (exact) mass is 373 g/mol. The van der Waals surface area contributed by atoms with Crippen molar-refractivity contribution in [3.63, 3.8) is 0 Å². The van der Waals surface area contributed by atoms with E-state index in [0.29, 0.717) is 25.0 Å².